The first-order chi connectivity index (χ1) is 11.8. The number of nitrogens with zero attached hydrogens (tertiary/aromatic N) is 2. The Morgan fingerprint density at radius 2 is 1.88 bits per heavy atom. The lowest BCUT2D eigenvalue weighted by molar-refractivity contribution is -0.142. The molecule has 1 aromatic carbocycles. The quantitative estimate of drug-likeness (QED) is 0.769. The molecule has 136 valence electrons. The zero-order valence-corrected chi connectivity index (χ0v) is 14.6. The Hall–Kier alpha value is -1.57. The molecule has 4 nitrogen and oxygen atoms in total. The number of carbonyl (C=O) groups is 1. The van der Waals surface area contributed by atoms with Crippen molar-refractivity contribution < 1.29 is 18.0 Å². The van der Waals surface area contributed by atoms with E-state index in [0.717, 1.165) is 49.2 Å². The lowest BCUT2D eigenvalue weighted by Crippen LogP contribution is -2.28. The average Bonchev–Trinajstić information content (AvgIpc) is 3.06. The van der Waals surface area contributed by atoms with Crippen LogP contribution in [0.15, 0.2) is 30.5 Å². The Bertz CT molecular complexity index is 713. The van der Waals surface area contributed by atoms with E-state index in [-0.39, 0.29) is 10.7 Å². The van der Waals surface area contributed by atoms with Crippen LogP contribution in [0.5, 0.6) is 0 Å². The number of benzene rings is 1. The summed E-state index contributed by atoms with van der Waals surface area (Å²) in [5.41, 5.74) is -0.755. The molecule has 0 bridgehead atoms. The monoisotopic (exact) mass is 393 g/mol. The summed E-state index contributed by atoms with van der Waals surface area (Å²) in [6.45, 7) is 2.03. The van der Waals surface area contributed by atoms with Crippen molar-refractivity contribution in [3.05, 3.63) is 46.2 Å². The molecule has 3 rings (SSSR count). The van der Waals surface area contributed by atoms with Gasteiger partial charge in [0.05, 0.1) is 16.9 Å². The molecule has 0 saturated carbocycles. The summed E-state index contributed by atoms with van der Waals surface area (Å²) in [4.78, 5) is 10.1. The van der Waals surface area contributed by atoms with Crippen LogP contribution in [-0.2, 0) is 11.0 Å². The number of hydrogen-bond acceptors (Lipinski definition) is 3. The standard InChI is InChI=1S/C10H5Cl2F3N2.C6H11NO/c11-6-1-2-8(7(12)5-6)17-9(3-4-16-17)10(13,14)15;8-5-6-1-3-7-4-2-6/h1-5H;5-7H,1-4H2. The zero-order chi connectivity index (χ0) is 18.4. The highest BCUT2D eigenvalue weighted by Gasteiger charge is 2.35. The summed E-state index contributed by atoms with van der Waals surface area (Å²) in [6.07, 6.45) is -0.291. The van der Waals surface area contributed by atoms with Gasteiger partial charge in [0.1, 0.15) is 12.0 Å². The van der Waals surface area contributed by atoms with Gasteiger partial charge in [0, 0.05) is 10.9 Å². The van der Waals surface area contributed by atoms with Crippen molar-refractivity contribution in [2.75, 3.05) is 13.1 Å². The predicted molar refractivity (Wildman–Crippen MR) is 90.2 cm³/mol. The molecule has 0 radical (unpaired) electrons. The number of nitrogens with one attached hydrogen (secondary N) is 1. The molecule has 0 amide bonds. The van der Waals surface area contributed by atoms with Gasteiger partial charge in [0.15, 0.2) is 0 Å². The van der Waals surface area contributed by atoms with Crippen molar-refractivity contribution in [2.24, 2.45) is 5.92 Å². The number of aldehydes is 1. The van der Waals surface area contributed by atoms with Gasteiger partial charge in [-0.1, -0.05) is 23.2 Å². The molecular formula is C16H16Cl2F3N3O. The van der Waals surface area contributed by atoms with Gasteiger partial charge >= 0.3 is 6.18 Å². The SMILES string of the molecule is FC(F)(F)c1ccnn1-c1ccc(Cl)cc1Cl.O=CC1CCNCC1. The van der Waals surface area contributed by atoms with Gasteiger partial charge in [0.2, 0.25) is 0 Å². The molecule has 1 saturated heterocycles. The van der Waals surface area contributed by atoms with Crippen molar-refractivity contribution in [3.8, 4) is 5.69 Å². The van der Waals surface area contributed by atoms with Crippen LogP contribution in [0.3, 0.4) is 0 Å². The van der Waals surface area contributed by atoms with Crippen LogP contribution in [0.25, 0.3) is 5.69 Å². The summed E-state index contributed by atoms with van der Waals surface area (Å²) in [7, 11) is 0. The second-order valence-electron chi connectivity index (χ2n) is 5.45. The van der Waals surface area contributed by atoms with Crippen molar-refractivity contribution in [1.82, 2.24) is 15.1 Å². The first kappa shape index (κ1) is 19.8. The lowest BCUT2D eigenvalue weighted by Gasteiger charge is -2.16. The molecular weight excluding hydrogens is 378 g/mol. The topological polar surface area (TPSA) is 46.9 Å². The Labute approximate surface area is 152 Å². The summed E-state index contributed by atoms with van der Waals surface area (Å²) in [5.74, 6) is 0.344. The van der Waals surface area contributed by atoms with E-state index in [1.165, 1.54) is 18.2 Å². The van der Waals surface area contributed by atoms with E-state index in [1.807, 2.05) is 0 Å². The Morgan fingerprint density at radius 3 is 2.40 bits per heavy atom. The third kappa shape index (κ3) is 5.45. The number of rotatable bonds is 2. The first-order valence-electron chi connectivity index (χ1n) is 7.55. The van der Waals surface area contributed by atoms with Crippen LogP contribution in [-0.4, -0.2) is 29.2 Å². The number of carbonyl (C=O) groups excluding carboxylic acids is 1. The number of hydrogen-bond donors (Lipinski definition) is 1. The molecule has 0 spiro atoms. The number of halogens is 5. The van der Waals surface area contributed by atoms with Crippen LogP contribution in [0.2, 0.25) is 10.0 Å². The second-order valence-corrected chi connectivity index (χ2v) is 6.29. The van der Waals surface area contributed by atoms with Crippen molar-refractivity contribution in [2.45, 2.75) is 19.0 Å². The molecule has 1 aromatic heterocycles. The smallest absolute Gasteiger partial charge is 0.317 e. The van der Waals surface area contributed by atoms with Crippen LogP contribution in [0.1, 0.15) is 18.5 Å². The van der Waals surface area contributed by atoms with Gasteiger partial charge in [0.25, 0.3) is 0 Å². The molecule has 1 N–H and O–H groups in total. The highest BCUT2D eigenvalue weighted by molar-refractivity contribution is 6.35. The largest absolute Gasteiger partial charge is 0.433 e. The summed E-state index contributed by atoms with van der Waals surface area (Å²) in [5, 5.41) is 7.25. The molecule has 1 aliphatic rings. The van der Waals surface area contributed by atoms with Gasteiger partial charge in [-0.3, -0.25) is 0 Å². The number of alkyl halides is 3. The minimum atomic E-state index is -4.49. The second kappa shape index (κ2) is 8.69. The maximum absolute atomic E-state index is 12.6. The van der Waals surface area contributed by atoms with Gasteiger partial charge < -0.3 is 10.1 Å². The van der Waals surface area contributed by atoms with E-state index in [4.69, 9.17) is 23.2 Å². The van der Waals surface area contributed by atoms with Crippen molar-refractivity contribution >= 4 is 29.5 Å². The summed E-state index contributed by atoms with van der Waals surface area (Å²) >= 11 is 11.5. The van der Waals surface area contributed by atoms with Gasteiger partial charge in [-0.05, 0) is 50.2 Å². The van der Waals surface area contributed by atoms with Crippen LogP contribution in [0.4, 0.5) is 13.2 Å². The molecule has 1 aliphatic heterocycles. The molecule has 1 fully saturated rings. The Balaban J connectivity index is 0.000000236. The fourth-order valence-corrected chi connectivity index (χ4v) is 2.83. The Kier molecular flexibility index (Phi) is 6.87. The highest BCUT2D eigenvalue weighted by Crippen LogP contribution is 2.32. The van der Waals surface area contributed by atoms with Crippen molar-refractivity contribution in [1.29, 1.82) is 0 Å². The van der Waals surface area contributed by atoms with E-state index >= 15 is 0 Å². The van der Waals surface area contributed by atoms with Gasteiger partial charge in [-0.15, -0.1) is 0 Å². The zero-order valence-electron chi connectivity index (χ0n) is 13.1. The first-order valence-corrected chi connectivity index (χ1v) is 8.31. The maximum Gasteiger partial charge on any atom is 0.433 e. The fourth-order valence-electron chi connectivity index (χ4n) is 2.34. The third-order valence-corrected chi connectivity index (χ3v) is 4.19. The molecule has 0 atom stereocenters. The van der Waals surface area contributed by atoms with E-state index in [0.29, 0.717) is 10.9 Å². The molecule has 2 heterocycles. The fraction of sp³-hybridized carbons (Fsp3) is 0.375. The third-order valence-electron chi connectivity index (χ3n) is 3.65. The van der Waals surface area contributed by atoms with Crippen LogP contribution in [0, 0.1) is 5.92 Å². The number of aromatic nitrogens is 2. The highest BCUT2D eigenvalue weighted by atomic mass is 35.5. The van der Waals surface area contributed by atoms with E-state index in [2.05, 4.69) is 10.4 Å². The van der Waals surface area contributed by atoms with Gasteiger partial charge in [-0.2, -0.15) is 18.3 Å². The normalized spacial score (nSPS) is 15.4. The molecule has 0 aliphatic carbocycles. The van der Waals surface area contributed by atoms with Gasteiger partial charge in [-0.25, -0.2) is 4.68 Å². The average molecular weight is 394 g/mol. The van der Waals surface area contributed by atoms with Crippen LogP contribution >= 0.6 is 23.2 Å². The molecule has 0 unspecified atom stereocenters. The van der Waals surface area contributed by atoms with E-state index in [1.54, 1.807) is 0 Å². The maximum atomic E-state index is 12.6. The Morgan fingerprint density at radius 1 is 1.20 bits per heavy atom. The summed E-state index contributed by atoms with van der Waals surface area (Å²) < 4.78 is 38.7. The molecule has 25 heavy (non-hydrogen) atoms. The van der Waals surface area contributed by atoms with E-state index < -0.39 is 11.9 Å². The van der Waals surface area contributed by atoms with Crippen LogP contribution < -0.4 is 5.32 Å². The van der Waals surface area contributed by atoms with E-state index in [9.17, 15) is 18.0 Å². The predicted octanol–water partition coefficient (Wildman–Crippen LogP) is 4.38. The minimum absolute atomic E-state index is 0.103. The molecule has 9 heteroatoms. The minimum Gasteiger partial charge on any atom is -0.317 e. The molecule has 2 aromatic rings. The summed E-state index contributed by atoms with van der Waals surface area (Å²) in [6, 6.07) is 5.07. The number of piperidine rings is 1. The lowest BCUT2D eigenvalue weighted by atomic mass is 10.0. The van der Waals surface area contributed by atoms with Crippen molar-refractivity contribution in [3.63, 3.8) is 0 Å².